The summed E-state index contributed by atoms with van der Waals surface area (Å²) in [5.74, 6) is 0.668. The molecule has 0 spiro atoms. The first kappa shape index (κ1) is 14.4. The van der Waals surface area contributed by atoms with Crippen LogP contribution in [0.1, 0.15) is 0 Å². The number of aromatic nitrogens is 3. The molecule has 0 aliphatic rings. The number of rotatable bonds is 2. The number of hydrogen-bond acceptors (Lipinski definition) is 3. The van der Waals surface area contributed by atoms with Gasteiger partial charge in [0.25, 0.3) is 0 Å². The van der Waals surface area contributed by atoms with Crippen molar-refractivity contribution in [1.82, 2.24) is 14.8 Å². The lowest BCUT2D eigenvalue weighted by molar-refractivity contribution is 0.849. The quantitative estimate of drug-likeness (QED) is 0.704. The van der Waals surface area contributed by atoms with E-state index in [9.17, 15) is 0 Å². The third-order valence-electron chi connectivity index (χ3n) is 2.88. The Balaban J connectivity index is 2.07. The topological polar surface area (TPSA) is 56.7 Å². The molecule has 0 bridgehead atoms. The minimum absolute atomic E-state index is 0.503. The minimum atomic E-state index is 0.503. The van der Waals surface area contributed by atoms with Crippen LogP contribution in [-0.4, -0.2) is 14.8 Å². The molecule has 0 saturated carbocycles. The molecule has 0 aliphatic heterocycles. The Morgan fingerprint density at radius 3 is 2.62 bits per heavy atom. The summed E-state index contributed by atoms with van der Waals surface area (Å²) in [5.41, 5.74) is 7.88. The number of hydrogen-bond donors (Lipinski definition) is 1. The standard InChI is InChI=1S/C14H9BrCl2N4/c15-8-1-4-13(19-6-8)21-7-12(18)14(20-21)10-3-2-9(16)5-11(10)17/h1-7H,18H2. The number of anilines is 1. The SMILES string of the molecule is Nc1cn(-c2ccc(Br)cn2)nc1-c1ccc(Cl)cc1Cl. The molecule has 106 valence electrons. The third kappa shape index (κ3) is 2.90. The Kier molecular flexibility index (Phi) is 3.89. The van der Waals surface area contributed by atoms with Crippen LogP contribution in [0, 0.1) is 0 Å². The lowest BCUT2D eigenvalue weighted by atomic mass is 10.1. The largest absolute Gasteiger partial charge is 0.396 e. The van der Waals surface area contributed by atoms with E-state index in [2.05, 4.69) is 26.0 Å². The van der Waals surface area contributed by atoms with Gasteiger partial charge in [0.15, 0.2) is 5.82 Å². The maximum atomic E-state index is 6.20. The van der Waals surface area contributed by atoms with Crippen molar-refractivity contribution in [3.63, 3.8) is 0 Å². The van der Waals surface area contributed by atoms with Crippen LogP contribution in [0.5, 0.6) is 0 Å². The van der Waals surface area contributed by atoms with Crippen LogP contribution in [0.4, 0.5) is 5.69 Å². The summed E-state index contributed by atoms with van der Waals surface area (Å²) >= 11 is 15.4. The first-order valence-corrected chi connectivity index (χ1v) is 7.52. The van der Waals surface area contributed by atoms with E-state index in [-0.39, 0.29) is 0 Å². The molecule has 1 aromatic carbocycles. The zero-order chi connectivity index (χ0) is 15.0. The molecule has 0 amide bonds. The molecule has 2 heterocycles. The molecule has 21 heavy (non-hydrogen) atoms. The second-order valence-corrected chi connectivity index (χ2v) is 6.10. The Bertz CT molecular complexity index is 799. The summed E-state index contributed by atoms with van der Waals surface area (Å²) in [7, 11) is 0. The summed E-state index contributed by atoms with van der Waals surface area (Å²) in [6, 6.07) is 8.93. The number of nitrogens with two attached hydrogens (primary N) is 1. The highest BCUT2D eigenvalue weighted by Gasteiger charge is 2.13. The molecule has 0 aliphatic carbocycles. The van der Waals surface area contributed by atoms with Gasteiger partial charge in [0.05, 0.1) is 16.9 Å². The van der Waals surface area contributed by atoms with Crippen molar-refractivity contribution >= 4 is 44.8 Å². The van der Waals surface area contributed by atoms with Crippen molar-refractivity contribution in [2.24, 2.45) is 0 Å². The first-order chi connectivity index (χ1) is 10.0. The van der Waals surface area contributed by atoms with Crippen LogP contribution in [0.3, 0.4) is 0 Å². The molecule has 0 saturated heterocycles. The zero-order valence-corrected chi connectivity index (χ0v) is 13.7. The summed E-state index contributed by atoms with van der Waals surface area (Å²) in [6.45, 7) is 0. The second-order valence-electron chi connectivity index (χ2n) is 4.34. The van der Waals surface area contributed by atoms with Gasteiger partial charge in [0.2, 0.25) is 0 Å². The van der Waals surface area contributed by atoms with E-state index in [1.54, 1.807) is 35.3 Å². The van der Waals surface area contributed by atoms with E-state index >= 15 is 0 Å². The average molecular weight is 384 g/mol. The number of pyridine rings is 1. The van der Waals surface area contributed by atoms with Crippen LogP contribution in [-0.2, 0) is 0 Å². The lowest BCUT2D eigenvalue weighted by Gasteiger charge is -2.02. The molecular weight excluding hydrogens is 375 g/mol. The first-order valence-electron chi connectivity index (χ1n) is 5.97. The second kappa shape index (κ2) is 5.67. The highest BCUT2D eigenvalue weighted by molar-refractivity contribution is 9.10. The number of nitrogens with zero attached hydrogens (tertiary/aromatic N) is 3. The minimum Gasteiger partial charge on any atom is -0.396 e. The average Bonchev–Trinajstić information content (AvgIpc) is 2.81. The van der Waals surface area contributed by atoms with Gasteiger partial charge in [-0.3, -0.25) is 0 Å². The summed E-state index contributed by atoms with van der Waals surface area (Å²) in [5, 5.41) is 5.53. The predicted molar refractivity (Wildman–Crippen MR) is 88.9 cm³/mol. The van der Waals surface area contributed by atoms with Crippen molar-refractivity contribution < 1.29 is 0 Å². The van der Waals surface area contributed by atoms with E-state index in [4.69, 9.17) is 28.9 Å². The van der Waals surface area contributed by atoms with Gasteiger partial charge in [0.1, 0.15) is 5.69 Å². The van der Waals surface area contributed by atoms with Gasteiger partial charge in [-0.2, -0.15) is 5.10 Å². The molecule has 4 nitrogen and oxygen atoms in total. The lowest BCUT2D eigenvalue weighted by Crippen LogP contribution is -1.97. The van der Waals surface area contributed by atoms with Gasteiger partial charge in [-0.1, -0.05) is 23.2 Å². The highest BCUT2D eigenvalue weighted by atomic mass is 79.9. The molecule has 0 unspecified atom stereocenters. The molecule has 0 radical (unpaired) electrons. The molecule has 0 fully saturated rings. The van der Waals surface area contributed by atoms with Gasteiger partial charge in [-0.05, 0) is 46.3 Å². The van der Waals surface area contributed by atoms with E-state index < -0.39 is 0 Å². The molecule has 2 aromatic heterocycles. The molecular formula is C14H9BrCl2N4. The Labute approximate surface area is 139 Å². The summed E-state index contributed by atoms with van der Waals surface area (Å²) in [6.07, 6.45) is 3.40. The zero-order valence-electron chi connectivity index (χ0n) is 10.6. The van der Waals surface area contributed by atoms with Gasteiger partial charge in [-0.15, -0.1) is 0 Å². The smallest absolute Gasteiger partial charge is 0.153 e. The van der Waals surface area contributed by atoms with Crippen LogP contribution >= 0.6 is 39.1 Å². The van der Waals surface area contributed by atoms with Crippen molar-refractivity contribution in [2.45, 2.75) is 0 Å². The van der Waals surface area contributed by atoms with Gasteiger partial charge in [-0.25, -0.2) is 9.67 Å². The molecule has 3 rings (SSSR count). The monoisotopic (exact) mass is 382 g/mol. The third-order valence-corrected chi connectivity index (χ3v) is 3.89. The predicted octanol–water partition coefficient (Wildman–Crippen LogP) is 4.59. The fourth-order valence-electron chi connectivity index (χ4n) is 1.90. The molecule has 3 aromatic rings. The van der Waals surface area contributed by atoms with Crippen LogP contribution < -0.4 is 5.73 Å². The van der Waals surface area contributed by atoms with E-state index in [1.165, 1.54) is 0 Å². The Morgan fingerprint density at radius 2 is 1.95 bits per heavy atom. The Morgan fingerprint density at radius 1 is 1.14 bits per heavy atom. The van der Waals surface area contributed by atoms with Crippen LogP contribution in [0.2, 0.25) is 10.0 Å². The summed E-state index contributed by atoms with van der Waals surface area (Å²) < 4.78 is 2.51. The normalized spacial score (nSPS) is 10.8. The molecule has 7 heteroatoms. The maximum absolute atomic E-state index is 6.20. The fraction of sp³-hybridized carbons (Fsp3) is 0. The van der Waals surface area contributed by atoms with Gasteiger partial charge in [0, 0.05) is 21.3 Å². The van der Waals surface area contributed by atoms with Crippen molar-refractivity contribution in [2.75, 3.05) is 5.73 Å². The number of nitrogen functional groups attached to an aromatic ring is 1. The maximum Gasteiger partial charge on any atom is 0.153 e. The van der Waals surface area contributed by atoms with E-state index in [1.807, 2.05) is 12.1 Å². The van der Waals surface area contributed by atoms with Crippen LogP contribution in [0.15, 0.2) is 47.2 Å². The van der Waals surface area contributed by atoms with Gasteiger partial charge >= 0.3 is 0 Å². The highest BCUT2D eigenvalue weighted by Crippen LogP contribution is 2.33. The number of halogens is 3. The Hall–Kier alpha value is -1.56. The van der Waals surface area contributed by atoms with Crippen molar-refractivity contribution in [1.29, 1.82) is 0 Å². The fourth-order valence-corrected chi connectivity index (χ4v) is 2.63. The molecule has 2 N–H and O–H groups in total. The van der Waals surface area contributed by atoms with E-state index in [0.717, 1.165) is 10.0 Å². The van der Waals surface area contributed by atoms with Gasteiger partial charge < -0.3 is 5.73 Å². The van der Waals surface area contributed by atoms with Crippen molar-refractivity contribution in [3.8, 4) is 17.1 Å². The van der Waals surface area contributed by atoms with Crippen LogP contribution in [0.25, 0.3) is 17.1 Å². The summed E-state index contributed by atoms with van der Waals surface area (Å²) in [4.78, 5) is 4.28. The number of benzene rings is 1. The molecule has 0 atom stereocenters. The van der Waals surface area contributed by atoms with Crippen molar-refractivity contribution in [3.05, 3.63) is 57.2 Å². The van der Waals surface area contributed by atoms with E-state index in [0.29, 0.717) is 27.2 Å².